The van der Waals surface area contributed by atoms with E-state index in [0.717, 1.165) is 6.07 Å². The van der Waals surface area contributed by atoms with Gasteiger partial charge in [0.15, 0.2) is 0 Å². The number of hydrogen-bond donors (Lipinski definition) is 2. The van der Waals surface area contributed by atoms with Crippen molar-refractivity contribution in [2.45, 2.75) is 6.54 Å². The number of pyridine rings is 1. The Hall–Kier alpha value is -2.58. The number of fused-ring (bicyclic) bond motifs is 1. The molecule has 0 radical (unpaired) electrons. The number of benzene rings is 1. The summed E-state index contributed by atoms with van der Waals surface area (Å²) in [5, 5.41) is 11.8. The van der Waals surface area contributed by atoms with E-state index in [1.54, 1.807) is 11.6 Å². The van der Waals surface area contributed by atoms with Gasteiger partial charge in [-0.05, 0) is 18.2 Å². The SMILES string of the molecule is O=C(c1c[nH]c2ccc(F)cc2c1=O)N(CCO)Cc1nccs1. The maximum Gasteiger partial charge on any atom is 0.259 e. The lowest BCUT2D eigenvalue weighted by Crippen LogP contribution is -2.36. The molecule has 3 aromatic rings. The van der Waals surface area contributed by atoms with Crippen molar-refractivity contribution in [1.82, 2.24) is 14.9 Å². The maximum absolute atomic E-state index is 13.4. The van der Waals surface area contributed by atoms with Gasteiger partial charge in [0, 0.05) is 35.2 Å². The Bertz CT molecular complexity index is 924. The van der Waals surface area contributed by atoms with Crippen LogP contribution in [-0.2, 0) is 6.54 Å². The van der Waals surface area contributed by atoms with Gasteiger partial charge in [0.25, 0.3) is 5.91 Å². The summed E-state index contributed by atoms with van der Waals surface area (Å²) in [7, 11) is 0. The first-order chi connectivity index (χ1) is 11.6. The van der Waals surface area contributed by atoms with Crippen LogP contribution in [0.25, 0.3) is 10.9 Å². The molecule has 8 heteroatoms. The molecule has 24 heavy (non-hydrogen) atoms. The van der Waals surface area contributed by atoms with Gasteiger partial charge in [0.2, 0.25) is 5.43 Å². The predicted octanol–water partition coefficient (Wildman–Crippen LogP) is 1.76. The number of H-pyrrole nitrogens is 1. The van der Waals surface area contributed by atoms with Gasteiger partial charge in [-0.1, -0.05) is 0 Å². The van der Waals surface area contributed by atoms with Crippen molar-refractivity contribution >= 4 is 28.1 Å². The van der Waals surface area contributed by atoms with E-state index in [1.165, 1.54) is 34.6 Å². The molecule has 0 saturated carbocycles. The lowest BCUT2D eigenvalue weighted by Gasteiger charge is -2.20. The smallest absolute Gasteiger partial charge is 0.259 e. The molecular weight excluding hydrogens is 333 g/mol. The zero-order valence-electron chi connectivity index (χ0n) is 12.5. The molecule has 2 N–H and O–H groups in total. The number of aromatic nitrogens is 2. The number of thiazole rings is 1. The van der Waals surface area contributed by atoms with E-state index in [-0.39, 0.29) is 30.6 Å². The third kappa shape index (κ3) is 3.19. The molecule has 124 valence electrons. The number of aliphatic hydroxyl groups is 1. The standard InChI is InChI=1S/C16H14FN3O3S/c17-10-1-2-13-11(7-10)15(22)12(8-19-13)16(23)20(4-5-21)9-14-18-3-6-24-14/h1-3,6-8,21H,4-5,9H2,(H,19,22). The minimum atomic E-state index is -0.549. The number of carbonyl (C=O) groups is 1. The van der Waals surface area contributed by atoms with Gasteiger partial charge in [-0.2, -0.15) is 0 Å². The molecule has 0 unspecified atom stereocenters. The Labute approximate surface area is 140 Å². The normalized spacial score (nSPS) is 10.9. The Morgan fingerprint density at radius 2 is 2.25 bits per heavy atom. The molecule has 3 rings (SSSR count). The minimum absolute atomic E-state index is 0.0685. The van der Waals surface area contributed by atoms with E-state index in [1.807, 2.05) is 0 Å². The van der Waals surface area contributed by atoms with Crippen LogP contribution in [0.2, 0.25) is 0 Å². The second-order valence-electron chi connectivity index (χ2n) is 5.10. The van der Waals surface area contributed by atoms with E-state index in [4.69, 9.17) is 0 Å². The summed E-state index contributed by atoms with van der Waals surface area (Å²) in [4.78, 5) is 33.5. The second kappa shape index (κ2) is 6.90. The summed E-state index contributed by atoms with van der Waals surface area (Å²) < 4.78 is 13.4. The van der Waals surface area contributed by atoms with Gasteiger partial charge < -0.3 is 15.0 Å². The summed E-state index contributed by atoms with van der Waals surface area (Å²) in [5.41, 5.74) is -0.194. The molecular formula is C16H14FN3O3S. The van der Waals surface area contributed by atoms with Crippen molar-refractivity contribution in [3.63, 3.8) is 0 Å². The molecule has 0 aliphatic carbocycles. The van der Waals surface area contributed by atoms with E-state index in [0.29, 0.717) is 10.5 Å². The highest BCUT2D eigenvalue weighted by molar-refractivity contribution is 7.09. The Balaban J connectivity index is 1.99. The maximum atomic E-state index is 13.4. The van der Waals surface area contributed by atoms with Crippen molar-refractivity contribution in [3.8, 4) is 0 Å². The first-order valence-corrected chi connectivity index (χ1v) is 8.07. The van der Waals surface area contributed by atoms with Crippen molar-refractivity contribution in [2.75, 3.05) is 13.2 Å². The lowest BCUT2D eigenvalue weighted by molar-refractivity contribution is 0.0706. The van der Waals surface area contributed by atoms with Gasteiger partial charge in [-0.3, -0.25) is 9.59 Å². The van der Waals surface area contributed by atoms with Crippen LogP contribution in [-0.4, -0.2) is 39.0 Å². The summed E-state index contributed by atoms with van der Waals surface area (Å²) in [6, 6.07) is 3.78. The summed E-state index contributed by atoms with van der Waals surface area (Å²) in [6.07, 6.45) is 2.93. The minimum Gasteiger partial charge on any atom is -0.395 e. The highest BCUT2D eigenvalue weighted by atomic mass is 32.1. The summed E-state index contributed by atoms with van der Waals surface area (Å²) >= 11 is 1.38. The molecule has 0 bridgehead atoms. The number of carbonyl (C=O) groups excluding carboxylic acids is 1. The van der Waals surface area contributed by atoms with Gasteiger partial charge >= 0.3 is 0 Å². The molecule has 0 aliphatic rings. The molecule has 2 aromatic heterocycles. The van der Waals surface area contributed by atoms with Crippen LogP contribution in [0.5, 0.6) is 0 Å². The molecule has 6 nitrogen and oxygen atoms in total. The Morgan fingerprint density at radius 3 is 2.96 bits per heavy atom. The largest absolute Gasteiger partial charge is 0.395 e. The first-order valence-electron chi connectivity index (χ1n) is 7.19. The molecule has 2 heterocycles. The van der Waals surface area contributed by atoms with Gasteiger partial charge in [-0.25, -0.2) is 9.37 Å². The molecule has 1 amide bonds. The topological polar surface area (TPSA) is 86.3 Å². The number of nitrogens with one attached hydrogen (secondary N) is 1. The van der Waals surface area contributed by atoms with Crippen LogP contribution in [0, 0.1) is 5.82 Å². The Morgan fingerprint density at radius 1 is 1.42 bits per heavy atom. The fraction of sp³-hybridized carbons (Fsp3) is 0.188. The van der Waals surface area contributed by atoms with Crippen LogP contribution >= 0.6 is 11.3 Å². The fourth-order valence-electron chi connectivity index (χ4n) is 2.39. The zero-order valence-corrected chi connectivity index (χ0v) is 13.3. The molecule has 0 spiro atoms. The molecule has 0 fully saturated rings. The zero-order chi connectivity index (χ0) is 17.1. The first kappa shape index (κ1) is 16.3. The van der Waals surface area contributed by atoms with Gasteiger partial charge in [-0.15, -0.1) is 11.3 Å². The highest BCUT2D eigenvalue weighted by Crippen LogP contribution is 2.13. The lowest BCUT2D eigenvalue weighted by atomic mass is 10.1. The van der Waals surface area contributed by atoms with Crippen molar-refractivity contribution in [2.24, 2.45) is 0 Å². The average Bonchev–Trinajstić information content (AvgIpc) is 3.08. The predicted molar refractivity (Wildman–Crippen MR) is 88.5 cm³/mol. The van der Waals surface area contributed by atoms with E-state index in [2.05, 4.69) is 9.97 Å². The number of aliphatic hydroxyl groups excluding tert-OH is 1. The van der Waals surface area contributed by atoms with E-state index >= 15 is 0 Å². The van der Waals surface area contributed by atoms with Crippen LogP contribution in [0.3, 0.4) is 0 Å². The average molecular weight is 347 g/mol. The summed E-state index contributed by atoms with van der Waals surface area (Å²) in [5.74, 6) is -1.08. The number of halogens is 1. The van der Waals surface area contributed by atoms with E-state index < -0.39 is 17.2 Å². The van der Waals surface area contributed by atoms with Crippen molar-refractivity contribution in [1.29, 1.82) is 0 Å². The van der Waals surface area contributed by atoms with Gasteiger partial charge in [0.05, 0.1) is 13.2 Å². The van der Waals surface area contributed by atoms with Crippen molar-refractivity contribution < 1.29 is 14.3 Å². The Kier molecular flexibility index (Phi) is 4.68. The monoisotopic (exact) mass is 347 g/mol. The number of hydrogen-bond acceptors (Lipinski definition) is 5. The molecule has 1 aromatic carbocycles. The fourth-order valence-corrected chi connectivity index (χ4v) is 3.02. The van der Waals surface area contributed by atoms with Crippen LogP contribution in [0.15, 0.2) is 40.8 Å². The van der Waals surface area contributed by atoms with Gasteiger partial charge in [0.1, 0.15) is 16.4 Å². The second-order valence-corrected chi connectivity index (χ2v) is 6.08. The summed E-state index contributed by atoms with van der Waals surface area (Å²) in [6.45, 7) is 0.0218. The van der Waals surface area contributed by atoms with Crippen LogP contribution in [0.1, 0.15) is 15.4 Å². The number of aromatic amines is 1. The number of amides is 1. The molecule has 0 atom stereocenters. The quantitative estimate of drug-likeness (QED) is 0.736. The van der Waals surface area contributed by atoms with Crippen molar-refractivity contribution in [3.05, 3.63) is 62.6 Å². The van der Waals surface area contributed by atoms with Crippen LogP contribution in [0.4, 0.5) is 4.39 Å². The highest BCUT2D eigenvalue weighted by Gasteiger charge is 2.21. The third-order valence-electron chi connectivity index (χ3n) is 3.54. The number of nitrogens with zero attached hydrogens (tertiary/aromatic N) is 2. The molecule has 0 aliphatic heterocycles. The molecule has 0 saturated heterocycles. The third-order valence-corrected chi connectivity index (χ3v) is 4.30. The number of rotatable bonds is 5. The van der Waals surface area contributed by atoms with Crippen LogP contribution < -0.4 is 5.43 Å². The van der Waals surface area contributed by atoms with E-state index in [9.17, 15) is 19.1 Å².